The number of allylic oxidation sites excluding steroid dienone is 1. The maximum atomic E-state index is 8.81. The minimum Gasteiger partial charge on any atom is -0.396 e. The zero-order chi connectivity index (χ0) is 8.27. The van der Waals surface area contributed by atoms with Crippen LogP contribution in [0.25, 0.3) is 0 Å². The average Bonchev–Trinajstić information content (AvgIpc) is 1.97. The van der Waals surface area contributed by atoms with E-state index in [0.717, 1.165) is 12.3 Å². The lowest BCUT2D eigenvalue weighted by Gasteiger charge is -2.30. The lowest BCUT2D eigenvalue weighted by molar-refractivity contribution is 0.223. The highest BCUT2D eigenvalue weighted by molar-refractivity contribution is 5.05. The Kier molecular flexibility index (Phi) is 3.13. The van der Waals surface area contributed by atoms with E-state index in [4.69, 9.17) is 5.11 Å². The summed E-state index contributed by atoms with van der Waals surface area (Å²) in [5.41, 5.74) is 1.36. The number of aliphatic hydroxyl groups excluding tert-OH is 1. The van der Waals surface area contributed by atoms with E-state index < -0.39 is 0 Å². The third-order valence-corrected chi connectivity index (χ3v) is 2.81. The Balaban J connectivity index is 2.48. The second-order valence-electron chi connectivity index (χ2n) is 3.65. The van der Waals surface area contributed by atoms with Gasteiger partial charge in [0.15, 0.2) is 0 Å². The molecule has 1 aliphatic carbocycles. The molecule has 0 heterocycles. The predicted octanol–water partition coefficient (Wildman–Crippen LogP) is 2.36. The van der Waals surface area contributed by atoms with E-state index in [1.807, 2.05) is 0 Å². The van der Waals surface area contributed by atoms with Crippen LogP contribution < -0.4 is 0 Å². The van der Waals surface area contributed by atoms with E-state index in [1.54, 1.807) is 0 Å². The van der Waals surface area contributed by atoms with Gasteiger partial charge in [0.1, 0.15) is 0 Å². The van der Waals surface area contributed by atoms with E-state index in [1.165, 1.54) is 24.8 Å². The van der Waals surface area contributed by atoms with E-state index in [0.29, 0.717) is 12.5 Å². The van der Waals surface area contributed by atoms with Crippen LogP contribution in [-0.4, -0.2) is 11.7 Å². The summed E-state index contributed by atoms with van der Waals surface area (Å²) in [6.07, 6.45) is 4.70. The molecule has 11 heavy (non-hydrogen) atoms. The van der Waals surface area contributed by atoms with Crippen molar-refractivity contribution in [1.29, 1.82) is 0 Å². The second-order valence-corrected chi connectivity index (χ2v) is 3.65. The van der Waals surface area contributed by atoms with Gasteiger partial charge in [0.2, 0.25) is 0 Å². The van der Waals surface area contributed by atoms with E-state index in [9.17, 15) is 0 Å². The Hall–Kier alpha value is -0.300. The van der Waals surface area contributed by atoms with Gasteiger partial charge in [-0.3, -0.25) is 0 Å². The zero-order valence-corrected chi connectivity index (χ0v) is 7.34. The summed E-state index contributed by atoms with van der Waals surface area (Å²) in [5.74, 6) is 1.33. The van der Waals surface area contributed by atoms with Crippen molar-refractivity contribution in [2.45, 2.75) is 32.6 Å². The van der Waals surface area contributed by atoms with Crippen molar-refractivity contribution in [1.82, 2.24) is 0 Å². The first-order chi connectivity index (χ1) is 5.25. The summed E-state index contributed by atoms with van der Waals surface area (Å²) in [7, 11) is 0. The summed E-state index contributed by atoms with van der Waals surface area (Å²) in [5, 5.41) is 8.81. The molecule has 0 aromatic rings. The molecule has 0 bridgehead atoms. The molecule has 0 aromatic heterocycles. The fraction of sp³-hybridized carbons (Fsp3) is 0.800. The first-order valence-corrected chi connectivity index (χ1v) is 4.54. The monoisotopic (exact) mass is 154 g/mol. The first-order valence-electron chi connectivity index (χ1n) is 4.54. The summed E-state index contributed by atoms with van der Waals surface area (Å²) in [4.78, 5) is 0. The molecule has 1 nitrogen and oxygen atoms in total. The maximum absolute atomic E-state index is 8.81. The molecule has 0 aliphatic heterocycles. The largest absolute Gasteiger partial charge is 0.396 e. The SMILES string of the molecule is C=C1CCCC(C)C1CCO. The molecule has 0 spiro atoms. The predicted molar refractivity (Wildman–Crippen MR) is 47.3 cm³/mol. The summed E-state index contributed by atoms with van der Waals surface area (Å²) in [6, 6.07) is 0. The fourth-order valence-corrected chi connectivity index (χ4v) is 2.07. The topological polar surface area (TPSA) is 20.2 Å². The third kappa shape index (κ3) is 2.06. The van der Waals surface area contributed by atoms with E-state index in [2.05, 4.69) is 13.5 Å². The number of hydrogen-bond donors (Lipinski definition) is 1. The molecule has 1 aliphatic rings. The van der Waals surface area contributed by atoms with Crippen molar-refractivity contribution in [2.24, 2.45) is 11.8 Å². The molecule has 1 heteroatoms. The lowest BCUT2D eigenvalue weighted by Crippen LogP contribution is -2.19. The Labute approximate surface area is 69.1 Å². The van der Waals surface area contributed by atoms with Crippen LogP contribution >= 0.6 is 0 Å². The first kappa shape index (κ1) is 8.79. The van der Waals surface area contributed by atoms with Gasteiger partial charge in [-0.25, -0.2) is 0 Å². The smallest absolute Gasteiger partial charge is 0.0436 e. The standard InChI is InChI=1S/C10H18O/c1-8-4-3-5-9(2)10(8)6-7-11/h9-11H,1,3-7H2,2H3. The van der Waals surface area contributed by atoms with Crippen LogP contribution in [0.3, 0.4) is 0 Å². The van der Waals surface area contributed by atoms with Crippen LogP contribution in [0.15, 0.2) is 12.2 Å². The zero-order valence-electron chi connectivity index (χ0n) is 7.34. The van der Waals surface area contributed by atoms with Crippen molar-refractivity contribution in [3.63, 3.8) is 0 Å². The lowest BCUT2D eigenvalue weighted by atomic mass is 9.76. The van der Waals surface area contributed by atoms with Gasteiger partial charge >= 0.3 is 0 Å². The summed E-state index contributed by atoms with van der Waals surface area (Å²) >= 11 is 0. The van der Waals surface area contributed by atoms with Gasteiger partial charge in [-0.15, -0.1) is 0 Å². The van der Waals surface area contributed by atoms with Crippen LogP contribution in [0, 0.1) is 11.8 Å². The van der Waals surface area contributed by atoms with Crippen molar-refractivity contribution in [2.75, 3.05) is 6.61 Å². The van der Waals surface area contributed by atoms with Gasteiger partial charge in [0.25, 0.3) is 0 Å². The van der Waals surface area contributed by atoms with Crippen LogP contribution in [0.2, 0.25) is 0 Å². The summed E-state index contributed by atoms with van der Waals surface area (Å²) < 4.78 is 0. The minimum atomic E-state index is 0.314. The van der Waals surface area contributed by atoms with E-state index >= 15 is 0 Å². The molecular weight excluding hydrogens is 136 g/mol. The van der Waals surface area contributed by atoms with Crippen molar-refractivity contribution in [3.8, 4) is 0 Å². The van der Waals surface area contributed by atoms with Gasteiger partial charge in [-0.1, -0.05) is 19.1 Å². The molecule has 0 amide bonds. The fourth-order valence-electron chi connectivity index (χ4n) is 2.07. The Bertz CT molecular complexity index is 140. The van der Waals surface area contributed by atoms with Gasteiger partial charge in [0.05, 0.1) is 0 Å². The van der Waals surface area contributed by atoms with Crippen LogP contribution in [-0.2, 0) is 0 Å². The highest BCUT2D eigenvalue weighted by atomic mass is 16.3. The molecule has 1 saturated carbocycles. The second kappa shape index (κ2) is 3.91. The molecular formula is C10H18O. The van der Waals surface area contributed by atoms with E-state index in [-0.39, 0.29) is 0 Å². The third-order valence-electron chi connectivity index (χ3n) is 2.81. The molecule has 64 valence electrons. The number of rotatable bonds is 2. The molecule has 0 aromatic carbocycles. The van der Waals surface area contributed by atoms with Gasteiger partial charge in [-0.05, 0) is 37.5 Å². The number of hydrogen-bond acceptors (Lipinski definition) is 1. The Morgan fingerprint density at radius 1 is 1.64 bits per heavy atom. The maximum Gasteiger partial charge on any atom is 0.0436 e. The highest BCUT2D eigenvalue weighted by Gasteiger charge is 2.23. The number of aliphatic hydroxyl groups is 1. The Morgan fingerprint density at radius 2 is 2.36 bits per heavy atom. The van der Waals surface area contributed by atoms with Crippen molar-refractivity contribution < 1.29 is 5.11 Å². The normalized spacial score (nSPS) is 32.4. The molecule has 2 atom stereocenters. The van der Waals surface area contributed by atoms with Crippen molar-refractivity contribution >= 4 is 0 Å². The highest BCUT2D eigenvalue weighted by Crippen LogP contribution is 2.34. The molecule has 1 fully saturated rings. The van der Waals surface area contributed by atoms with Crippen LogP contribution in [0.1, 0.15) is 32.6 Å². The molecule has 1 N–H and O–H groups in total. The van der Waals surface area contributed by atoms with Gasteiger partial charge < -0.3 is 5.11 Å². The molecule has 1 rings (SSSR count). The van der Waals surface area contributed by atoms with Gasteiger partial charge in [0, 0.05) is 6.61 Å². The summed E-state index contributed by atoms with van der Waals surface area (Å²) in [6.45, 7) is 6.64. The van der Waals surface area contributed by atoms with Crippen molar-refractivity contribution in [3.05, 3.63) is 12.2 Å². The quantitative estimate of drug-likeness (QED) is 0.605. The van der Waals surface area contributed by atoms with Crippen LogP contribution in [0.5, 0.6) is 0 Å². The van der Waals surface area contributed by atoms with Crippen LogP contribution in [0.4, 0.5) is 0 Å². The molecule has 2 unspecified atom stereocenters. The Morgan fingerprint density at radius 3 is 2.91 bits per heavy atom. The minimum absolute atomic E-state index is 0.314. The molecule has 0 saturated heterocycles. The van der Waals surface area contributed by atoms with Gasteiger partial charge in [-0.2, -0.15) is 0 Å². The average molecular weight is 154 g/mol. The molecule has 0 radical (unpaired) electrons.